The fourth-order valence-corrected chi connectivity index (χ4v) is 1.95. The van der Waals surface area contributed by atoms with Gasteiger partial charge in [-0.05, 0) is 23.8 Å². The Balaban J connectivity index is 2.21. The average molecular weight is 224 g/mol. The van der Waals surface area contributed by atoms with Crippen LogP contribution in [0.5, 0.6) is 0 Å². The monoisotopic (exact) mass is 224 g/mol. The number of nitrogen functional groups attached to an aromatic ring is 1. The molecule has 3 nitrogen and oxygen atoms in total. The third-order valence-electron chi connectivity index (χ3n) is 2.97. The molecular formula is C14H12N2O. The number of hydrogen-bond donors (Lipinski definition) is 1. The molecule has 0 unspecified atom stereocenters. The zero-order chi connectivity index (χ0) is 11.8. The molecule has 0 fully saturated rings. The van der Waals surface area contributed by atoms with Crippen LogP contribution in [0.2, 0.25) is 0 Å². The molecule has 3 rings (SSSR count). The van der Waals surface area contributed by atoms with E-state index in [0.717, 1.165) is 16.9 Å². The van der Waals surface area contributed by atoms with Gasteiger partial charge in [0, 0.05) is 11.1 Å². The lowest BCUT2D eigenvalue weighted by atomic mass is 10.0. The zero-order valence-electron chi connectivity index (χ0n) is 9.47. The van der Waals surface area contributed by atoms with Crippen molar-refractivity contribution in [2.45, 2.75) is 6.92 Å². The van der Waals surface area contributed by atoms with Gasteiger partial charge < -0.3 is 10.3 Å². The maximum Gasteiger partial charge on any atom is 0.171 e. The van der Waals surface area contributed by atoms with Crippen LogP contribution < -0.4 is 5.73 Å². The van der Waals surface area contributed by atoms with Gasteiger partial charge in [0.2, 0.25) is 0 Å². The highest BCUT2D eigenvalue weighted by Crippen LogP contribution is 2.29. The summed E-state index contributed by atoms with van der Waals surface area (Å²) in [6, 6.07) is 14.4. The van der Waals surface area contributed by atoms with Crippen molar-refractivity contribution in [3.05, 3.63) is 48.0 Å². The molecule has 17 heavy (non-hydrogen) atoms. The molecule has 0 amide bonds. The minimum absolute atomic E-state index is 0.452. The van der Waals surface area contributed by atoms with Gasteiger partial charge >= 0.3 is 0 Å². The smallest absolute Gasteiger partial charge is 0.171 e. The standard InChI is InChI=1S/C14H12N2O/c1-9-13(17-16-14(9)15)12-7-6-10-4-2-3-5-11(10)8-12/h2-8H,1H3,(H2,15,16). The molecular weight excluding hydrogens is 212 g/mol. The second-order valence-corrected chi connectivity index (χ2v) is 4.08. The average Bonchev–Trinajstić information content (AvgIpc) is 2.70. The maximum absolute atomic E-state index is 5.69. The van der Waals surface area contributed by atoms with Crippen LogP contribution in [0, 0.1) is 6.92 Å². The van der Waals surface area contributed by atoms with Crippen molar-refractivity contribution < 1.29 is 4.52 Å². The molecule has 0 radical (unpaired) electrons. The highest BCUT2D eigenvalue weighted by molar-refractivity contribution is 5.87. The number of nitrogens with two attached hydrogens (primary N) is 1. The predicted octanol–water partition coefficient (Wildman–Crippen LogP) is 3.39. The molecule has 0 aliphatic rings. The van der Waals surface area contributed by atoms with E-state index in [4.69, 9.17) is 10.3 Å². The summed E-state index contributed by atoms with van der Waals surface area (Å²) in [4.78, 5) is 0. The lowest BCUT2D eigenvalue weighted by molar-refractivity contribution is 0.435. The summed E-state index contributed by atoms with van der Waals surface area (Å²) in [5.74, 6) is 1.20. The van der Waals surface area contributed by atoms with Crippen molar-refractivity contribution in [1.29, 1.82) is 0 Å². The Hall–Kier alpha value is -2.29. The van der Waals surface area contributed by atoms with Crippen LogP contribution in [0.15, 0.2) is 47.0 Å². The summed E-state index contributed by atoms with van der Waals surface area (Å²) < 4.78 is 5.26. The Morgan fingerprint density at radius 2 is 1.82 bits per heavy atom. The second kappa shape index (κ2) is 3.63. The van der Waals surface area contributed by atoms with E-state index in [1.54, 1.807) is 0 Å². The first-order valence-electron chi connectivity index (χ1n) is 5.46. The molecule has 0 saturated carbocycles. The number of aromatic nitrogens is 1. The molecule has 1 heterocycles. The van der Waals surface area contributed by atoms with E-state index in [1.165, 1.54) is 10.8 Å². The van der Waals surface area contributed by atoms with Gasteiger partial charge in [0.15, 0.2) is 11.6 Å². The van der Waals surface area contributed by atoms with Crippen LogP contribution >= 0.6 is 0 Å². The van der Waals surface area contributed by atoms with E-state index in [1.807, 2.05) is 25.1 Å². The number of hydrogen-bond acceptors (Lipinski definition) is 3. The van der Waals surface area contributed by atoms with Gasteiger partial charge in [-0.2, -0.15) is 0 Å². The van der Waals surface area contributed by atoms with Crippen molar-refractivity contribution in [1.82, 2.24) is 5.16 Å². The lowest BCUT2D eigenvalue weighted by Crippen LogP contribution is -1.86. The number of fused-ring (bicyclic) bond motifs is 1. The number of rotatable bonds is 1. The molecule has 3 aromatic rings. The highest BCUT2D eigenvalue weighted by Gasteiger charge is 2.11. The van der Waals surface area contributed by atoms with Crippen molar-refractivity contribution >= 4 is 16.6 Å². The Bertz CT molecular complexity index is 686. The molecule has 0 bridgehead atoms. The molecule has 2 N–H and O–H groups in total. The first-order valence-corrected chi connectivity index (χ1v) is 5.46. The zero-order valence-corrected chi connectivity index (χ0v) is 9.47. The fraction of sp³-hybridized carbons (Fsp3) is 0.0714. The minimum Gasteiger partial charge on any atom is -0.381 e. The Morgan fingerprint density at radius 3 is 2.53 bits per heavy atom. The first kappa shape index (κ1) is 9.90. The molecule has 0 aliphatic heterocycles. The van der Waals surface area contributed by atoms with Crippen LogP contribution in [0.1, 0.15) is 5.56 Å². The maximum atomic E-state index is 5.69. The molecule has 1 aromatic heterocycles. The number of anilines is 1. The summed E-state index contributed by atoms with van der Waals surface area (Å²) in [5, 5.41) is 6.16. The van der Waals surface area contributed by atoms with E-state index in [0.29, 0.717) is 5.82 Å². The van der Waals surface area contributed by atoms with Crippen LogP contribution in [0.3, 0.4) is 0 Å². The lowest BCUT2D eigenvalue weighted by Gasteiger charge is -2.01. The molecule has 0 aliphatic carbocycles. The first-order chi connectivity index (χ1) is 8.25. The molecule has 84 valence electrons. The van der Waals surface area contributed by atoms with Crippen molar-refractivity contribution in [3.8, 4) is 11.3 Å². The summed E-state index contributed by atoms with van der Waals surface area (Å²) in [5.41, 5.74) is 7.58. The molecule has 3 heteroatoms. The number of nitrogens with zero attached hydrogens (tertiary/aromatic N) is 1. The fourth-order valence-electron chi connectivity index (χ4n) is 1.95. The van der Waals surface area contributed by atoms with Gasteiger partial charge in [-0.3, -0.25) is 0 Å². The molecule has 0 spiro atoms. The van der Waals surface area contributed by atoms with E-state index < -0.39 is 0 Å². The summed E-state index contributed by atoms with van der Waals surface area (Å²) in [6.45, 7) is 1.91. The van der Waals surface area contributed by atoms with Crippen LogP contribution in [-0.4, -0.2) is 5.16 Å². The topological polar surface area (TPSA) is 52.0 Å². The molecule has 2 aromatic carbocycles. The van der Waals surface area contributed by atoms with Crippen molar-refractivity contribution in [3.63, 3.8) is 0 Å². The predicted molar refractivity (Wildman–Crippen MR) is 68.6 cm³/mol. The van der Waals surface area contributed by atoms with Gasteiger partial charge in [-0.15, -0.1) is 0 Å². The van der Waals surface area contributed by atoms with Gasteiger partial charge in [0.25, 0.3) is 0 Å². The Labute approximate surface area is 98.8 Å². The van der Waals surface area contributed by atoms with E-state index in [2.05, 4.69) is 29.4 Å². The van der Waals surface area contributed by atoms with Crippen LogP contribution in [0.25, 0.3) is 22.1 Å². The molecule has 0 saturated heterocycles. The summed E-state index contributed by atoms with van der Waals surface area (Å²) >= 11 is 0. The quantitative estimate of drug-likeness (QED) is 0.689. The SMILES string of the molecule is Cc1c(N)noc1-c1ccc2ccccc2c1. The number of benzene rings is 2. The van der Waals surface area contributed by atoms with Gasteiger partial charge in [-0.1, -0.05) is 41.6 Å². The second-order valence-electron chi connectivity index (χ2n) is 4.08. The van der Waals surface area contributed by atoms with Crippen molar-refractivity contribution in [2.75, 3.05) is 5.73 Å². The summed E-state index contributed by atoms with van der Waals surface area (Å²) in [7, 11) is 0. The Morgan fingerprint density at radius 1 is 1.06 bits per heavy atom. The van der Waals surface area contributed by atoms with Gasteiger partial charge in [-0.25, -0.2) is 0 Å². The van der Waals surface area contributed by atoms with Crippen LogP contribution in [-0.2, 0) is 0 Å². The van der Waals surface area contributed by atoms with Crippen LogP contribution in [0.4, 0.5) is 5.82 Å². The molecule has 0 atom stereocenters. The third-order valence-corrected chi connectivity index (χ3v) is 2.97. The van der Waals surface area contributed by atoms with Crippen molar-refractivity contribution in [2.24, 2.45) is 0 Å². The largest absolute Gasteiger partial charge is 0.381 e. The van der Waals surface area contributed by atoms with E-state index in [9.17, 15) is 0 Å². The normalized spacial score (nSPS) is 10.9. The van der Waals surface area contributed by atoms with Gasteiger partial charge in [0.05, 0.1) is 0 Å². The third kappa shape index (κ3) is 1.56. The summed E-state index contributed by atoms with van der Waals surface area (Å²) in [6.07, 6.45) is 0. The highest BCUT2D eigenvalue weighted by atomic mass is 16.5. The Kier molecular flexibility index (Phi) is 2.11. The van der Waals surface area contributed by atoms with E-state index >= 15 is 0 Å². The van der Waals surface area contributed by atoms with Gasteiger partial charge in [0.1, 0.15) is 0 Å². The van der Waals surface area contributed by atoms with E-state index in [-0.39, 0.29) is 0 Å². The minimum atomic E-state index is 0.452.